The highest BCUT2D eigenvalue weighted by Crippen LogP contribution is 2.23. The summed E-state index contributed by atoms with van der Waals surface area (Å²) in [6.07, 6.45) is 4.12. The number of benzene rings is 1. The summed E-state index contributed by atoms with van der Waals surface area (Å²) in [6, 6.07) is 9.95. The van der Waals surface area contributed by atoms with Crippen LogP contribution in [0.2, 0.25) is 0 Å². The van der Waals surface area contributed by atoms with E-state index in [1.54, 1.807) is 42.6 Å². The molecule has 0 saturated carbocycles. The predicted octanol–water partition coefficient (Wildman–Crippen LogP) is 1.88. The van der Waals surface area contributed by atoms with E-state index in [1.807, 2.05) is 6.92 Å². The second-order valence-corrected chi connectivity index (χ2v) is 6.90. The highest BCUT2D eigenvalue weighted by Gasteiger charge is 2.21. The number of nitrogens with zero attached hydrogens (tertiary/aromatic N) is 2. The topological polar surface area (TPSA) is 88.6 Å². The number of aromatic nitrogens is 1. The minimum atomic E-state index is -3.64. The molecule has 0 aliphatic rings. The molecule has 8 heteroatoms. The summed E-state index contributed by atoms with van der Waals surface area (Å²) < 4.78 is 30.6. The van der Waals surface area contributed by atoms with E-state index in [1.165, 1.54) is 6.20 Å². The van der Waals surface area contributed by atoms with Gasteiger partial charge in [0.05, 0.1) is 30.4 Å². The Hall–Kier alpha value is -2.61. The lowest BCUT2D eigenvalue weighted by molar-refractivity contribution is -0.114. The Balaban J connectivity index is 2.20. The SMILES string of the molecule is CCOc1cccc(N(CC(=O)Nc2cccnc2)S(C)(=O)=O)c1. The third-order valence-corrected chi connectivity index (χ3v) is 4.19. The quantitative estimate of drug-likeness (QED) is 0.824. The van der Waals surface area contributed by atoms with Crippen LogP contribution in [0.1, 0.15) is 6.92 Å². The zero-order chi connectivity index (χ0) is 17.6. The van der Waals surface area contributed by atoms with Crippen molar-refractivity contribution in [2.45, 2.75) is 6.92 Å². The molecule has 7 nitrogen and oxygen atoms in total. The lowest BCUT2D eigenvalue weighted by Gasteiger charge is -2.22. The van der Waals surface area contributed by atoms with Crippen molar-refractivity contribution in [1.29, 1.82) is 0 Å². The molecule has 2 rings (SSSR count). The minimum Gasteiger partial charge on any atom is -0.494 e. The van der Waals surface area contributed by atoms with Crippen molar-refractivity contribution >= 4 is 27.3 Å². The lowest BCUT2D eigenvalue weighted by atomic mass is 10.3. The lowest BCUT2D eigenvalue weighted by Crippen LogP contribution is -2.37. The molecular weight excluding hydrogens is 330 g/mol. The molecule has 24 heavy (non-hydrogen) atoms. The second kappa shape index (κ2) is 7.78. The van der Waals surface area contributed by atoms with E-state index in [0.29, 0.717) is 23.7 Å². The Morgan fingerprint density at radius 1 is 1.29 bits per heavy atom. The number of hydrogen-bond acceptors (Lipinski definition) is 5. The van der Waals surface area contributed by atoms with E-state index >= 15 is 0 Å². The van der Waals surface area contributed by atoms with Crippen LogP contribution < -0.4 is 14.4 Å². The molecule has 1 heterocycles. The number of nitrogens with one attached hydrogen (secondary N) is 1. The van der Waals surface area contributed by atoms with E-state index < -0.39 is 15.9 Å². The van der Waals surface area contributed by atoms with Gasteiger partial charge < -0.3 is 10.1 Å². The van der Waals surface area contributed by atoms with Crippen molar-refractivity contribution < 1.29 is 17.9 Å². The zero-order valence-corrected chi connectivity index (χ0v) is 14.3. The van der Waals surface area contributed by atoms with Gasteiger partial charge in [-0.2, -0.15) is 0 Å². The first-order chi connectivity index (χ1) is 11.4. The summed E-state index contributed by atoms with van der Waals surface area (Å²) in [6.45, 7) is 1.95. The largest absolute Gasteiger partial charge is 0.494 e. The molecule has 0 aliphatic heterocycles. The predicted molar refractivity (Wildman–Crippen MR) is 92.7 cm³/mol. The van der Waals surface area contributed by atoms with Gasteiger partial charge in [0.25, 0.3) is 0 Å². The molecule has 1 aromatic carbocycles. The van der Waals surface area contributed by atoms with Gasteiger partial charge in [-0.3, -0.25) is 14.1 Å². The van der Waals surface area contributed by atoms with E-state index in [-0.39, 0.29) is 6.54 Å². The third kappa shape index (κ3) is 4.95. The Bertz CT molecular complexity index is 794. The average molecular weight is 349 g/mol. The normalized spacial score (nSPS) is 10.9. The van der Waals surface area contributed by atoms with Crippen LogP contribution in [0.15, 0.2) is 48.8 Å². The standard InChI is InChI=1S/C16H19N3O4S/c1-3-23-15-8-4-7-14(10-15)19(24(2,21)22)12-16(20)18-13-6-5-9-17-11-13/h4-11H,3,12H2,1-2H3,(H,18,20). The summed E-state index contributed by atoms with van der Waals surface area (Å²) in [7, 11) is -3.64. The smallest absolute Gasteiger partial charge is 0.245 e. The first kappa shape index (κ1) is 17.7. The molecule has 0 spiro atoms. The monoisotopic (exact) mass is 349 g/mol. The van der Waals surface area contributed by atoms with Gasteiger partial charge in [0.1, 0.15) is 12.3 Å². The molecule has 0 unspecified atom stereocenters. The van der Waals surface area contributed by atoms with Crippen LogP contribution >= 0.6 is 0 Å². The van der Waals surface area contributed by atoms with Crippen molar-refractivity contribution in [3.63, 3.8) is 0 Å². The third-order valence-electron chi connectivity index (χ3n) is 3.05. The fourth-order valence-corrected chi connectivity index (χ4v) is 2.91. The van der Waals surface area contributed by atoms with E-state index in [0.717, 1.165) is 10.6 Å². The number of carbonyl (C=O) groups excluding carboxylic acids is 1. The summed E-state index contributed by atoms with van der Waals surface area (Å²) in [5.74, 6) is 0.0755. The van der Waals surface area contributed by atoms with Crippen molar-refractivity contribution in [2.75, 3.05) is 29.0 Å². The molecule has 0 bridgehead atoms. The highest BCUT2D eigenvalue weighted by atomic mass is 32.2. The van der Waals surface area contributed by atoms with Crippen LogP contribution in [0.3, 0.4) is 0 Å². The maximum atomic E-state index is 12.2. The Morgan fingerprint density at radius 2 is 2.08 bits per heavy atom. The van der Waals surface area contributed by atoms with Gasteiger partial charge in [0, 0.05) is 12.3 Å². The fraction of sp³-hybridized carbons (Fsp3) is 0.250. The summed E-state index contributed by atoms with van der Waals surface area (Å²) >= 11 is 0. The maximum Gasteiger partial charge on any atom is 0.245 e. The second-order valence-electron chi connectivity index (χ2n) is 4.99. The average Bonchev–Trinajstić information content (AvgIpc) is 2.53. The van der Waals surface area contributed by atoms with Crippen LogP contribution in [0.25, 0.3) is 0 Å². The van der Waals surface area contributed by atoms with Gasteiger partial charge in [0.15, 0.2) is 0 Å². The molecule has 0 fully saturated rings. The van der Waals surface area contributed by atoms with Crippen LogP contribution in [0.4, 0.5) is 11.4 Å². The Kier molecular flexibility index (Phi) is 5.75. The Morgan fingerprint density at radius 3 is 2.71 bits per heavy atom. The molecule has 0 atom stereocenters. The van der Waals surface area contributed by atoms with E-state index in [2.05, 4.69) is 10.3 Å². The number of pyridine rings is 1. The molecule has 2 aromatic rings. The van der Waals surface area contributed by atoms with Crippen molar-refractivity contribution in [1.82, 2.24) is 4.98 Å². The summed E-state index contributed by atoms with van der Waals surface area (Å²) in [4.78, 5) is 16.1. The van der Waals surface area contributed by atoms with Gasteiger partial charge >= 0.3 is 0 Å². The van der Waals surface area contributed by atoms with Crippen LogP contribution in [-0.4, -0.2) is 38.7 Å². The van der Waals surface area contributed by atoms with E-state index in [9.17, 15) is 13.2 Å². The maximum absolute atomic E-state index is 12.2. The summed E-state index contributed by atoms with van der Waals surface area (Å²) in [5.41, 5.74) is 0.865. The number of carbonyl (C=O) groups is 1. The number of amides is 1. The molecule has 1 aromatic heterocycles. The van der Waals surface area contributed by atoms with Crippen molar-refractivity contribution in [3.8, 4) is 5.75 Å². The van der Waals surface area contributed by atoms with Crippen molar-refractivity contribution in [2.24, 2.45) is 0 Å². The number of anilines is 2. The molecule has 1 N–H and O–H groups in total. The number of rotatable bonds is 7. The number of ether oxygens (including phenoxy) is 1. The number of hydrogen-bond donors (Lipinski definition) is 1. The van der Waals surface area contributed by atoms with Gasteiger partial charge in [0.2, 0.25) is 15.9 Å². The van der Waals surface area contributed by atoms with Gasteiger partial charge in [-0.15, -0.1) is 0 Å². The van der Waals surface area contributed by atoms with Gasteiger partial charge in [-0.25, -0.2) is 8.42 Å². The fourth-order valence-electron chi connectivity index (χ4n) is 2.06. The first-order valence-corrected chi connectivity index (χ1v) is 9.15. The Labute approximate surface area is 141 Å². The molecule has 128 valence electrons. The number of sulfonamides is 1. The first-order valence-electron chi connectivity index (χ1n) is 7.30. The van der Waals surface area contributed by atoms with Gasteiger partial charge in [-0.1, -0.05) is 6.07 Å². The summed E-state index contributed by atoms with van der Waals surface area (Å²) in [5, 5.41) is 2.62. The molecule has 1 amide bonds. The van der Waals surface area contributed by atoms with Crippen LogP contribution in [0.5, 0.6) is 5.75 Å². The molecule has 0 radical (unpaired) electrons. The van der Waals surface area contributed by atoms with E-state index in [4.69, 9.17) is 4.74 Å². The molecular formula is C16H19N3O4S. The van der Waals surface area contributed by atoms with Crippen LogP contribution in [0, 0.1) is 0 Å². The minimum absolute atomic E-state index is 0.344. The van der Waals surface area contributed by atoms with Crippen molar-refractivity contribution in [3.05, 3.63) is 48.8 Å². The molecule has 0 saturated heterocycles. The van der Waals surface area contributed by atoms with Gasteiger partial charge in [-0.05, 0) is 31.2 Å². The highest BCUT2D eigenvalue weighted by molar-refractivity contribution is 7.92. The zero-order valence-electron chi connectivity index (χ0n) is 13.5. The van der Waals surface area contributed by atoms with Crippen LogP contribution in [-0.2, 0) is 14.8 Å². The molecule has 0 aliphatic carbocycles.